The van der Waals surface area contributed by atoms with Gasteiger partial charge >= 0.3 is 5.97 Å². The monoisotopic (exact) mass is 545 g/mol. The Bertz CT molecular complexity index is 1230. The Balaban J connectivity index is 1.50. The Labute approximate surface area is 208 Å². The summed E-state index contributed by atoms with van der Waals surface area (Å²) in [6.45, 7) is 1.71. The van der Waals surface area contributed by atoms with Gasteiger partial charge in [-0.2, -0.15) is 8.42 Å². The first kappa shape index (κ1) is 24.8. The van der Waals surface area contributed by atoms with Crippen LogP contribution in [-0.2, 0) is 25.6 Å². The van der Waals surface area contributed by atoms with E-state index in [-0.39, 0.29) is 34.5 Å². The molecule has 1 amide bonds. The number of hydrogen-bond donors (Lipinski definition) is 2. The van der Waals surface area contributed by atoms with Gasteiger partial charge in [0.15, 0.2) is 5.88 Å². The first-order chi connectivity index (χ1) is 16.0. The second-order valence-electron chi connectivity index (χ2n) is 7.75. The summed E-state index contributed by atoms with van der Waals surface area (Å²) in [5.74, 6) is -1.98. The lowest BCUT2D eigenvalue weighted by Crippen LogP contribution is -2.74. The van der Waals surface area contributed by atoms with Crippen molar-refractivity contribution in [2.24, 2.45) is 5.41 Å². The van der Waals surface area contributed by atoms with Gasteiger partial charge in [-0.1, -0.05) is 24.0 Å². The summed E-state index contributed by atoms with van der Waals surface area (Å²) in [5.41, 5.74) is -0.576. The fourth-order valence-electron chi connectivity index (χ4n) is 3.77. The lowest BCUT2D eigenvalue weighted by atomic mass is 9.89. The Morgan fingerprint density at radius 1 is 1.41 bits per heavy atom. The van der Waals surface area contributed by atoms with E-state index in [0.717, 1.165) is 22.1 Å². The number of hydrogen-bond acceptors (Lipinski definition) is 11. The number of carbonyl (C=O) groups is 2. The van der Waals surface area contributed by atoms with Crippen LogP contribution in [-0.4, -0.2) is 94.5 Å². The minimum absolute atomic E-state index is 0.0113. The van der Waals surface area contributed by atoms with E-state index in [1.807, 2.05) is 0 Å². The van der Waals surface area contributed by atoms with Crippen LogP contribution in [0.25, 0.3) is 0 Å². The highest BCUT2D eigenvalue weighted by atomic mass is 32.2. The molecule has 2 fully saturated rings. The molecule has 2 saturated heterocycles. The standard InChI is InChI=1S/C17H19N7O6S4/c1-10(31)24(11-2-4-18-5-3-11)12-13(25)22-6-17(15(26)27,7-32-14(12)22)8-33-16-19-20-21-23(16)9-34(28,29)30/h2-5,12,14H,6-9H2,1H3,(H,26,27)(H,28,29,30)/t12?,14-,17?/m1/s1. The average molecular weight is 546 g/mol. The predicted octanol–water partition coefficient (Wildman–Crippen LogP) is 0.214. The number of nitrogens with zero attached hydrogens (tertiary/aromatic N) is 7. The molecule has 2 aliphatic rings. The maximum absolute atomic E-state index is 13.1. The lowest BCUT2D eigenvalue weighted by molar-refractivity contribution is -0.155. The molecule has 34 heavy (non-hydrogen) atoms. The molecule has 0 aromatic carbocycles. The number of aliphatic carboxylic acids is 1. The van der Waals surface area contributed by atoms with Gasteiger partial charge in [0.2, 0.25) is 11.1 Å². The summed E-state index contributed by atoms with van der Waals surface area (Å²) < 4.78 is 32.2. The Hall–Kier alpha value is -2.34. The number of β-lactam (4-membered cyclic amide) rings is 1. The predicted molar refractivity (Wildman–Crippen MR) is 127 cm³/mol. The molecule has 182 valence electrons. The van der Waals surface area contributed by atoms with Crippen LogP contribution < -0.4 is 4.90 Å². The molecule has 2 N–H and O–H groups in total. The zero-order valence-electron chi connectivity index (χ0n) is 17.6. The minimum Gasteiger partial charge on any atom is -0.481 e. The van der Waals surface area contributed by atoms with Crippen LogP contribution in [0.2, 0.25) is 0 Å². The quantitative estimate of drug-likeness (QED) is 0.199. The maximum atomic E-state index is 13.1. The van der Waals surface area contributed by atoms with Crippen LogP contribution in [0, 0.1) is 5.41 Å². The fourth-order valence-corrected chi connectivity index (χ4v) is 7.33. The molecule has 0 radical (unpaired) electrons. The van der Waals surface area contributed by atoms with E-state index in [9.17, 15) is 23.1 Å². The summed E-state index contributed by atoms with van der Waals surface area (Å²) >= 11 is 7.69. The van der Waals surface area contributed by atoms with Gasteiger partial charge in [-0.15, -0.1) is 16.9 Å². The van der Waals surface area contributed by atoms with Crippen molar-refractivity contribution < 1.29 is 27.7 Å². The highest BCUT2D eigenvalue weighted by Crippen LogP contribution is 2.46. The summed E-state index contributed by atoms with van der Waals surface area (Å²) in [5, 5.41) is 20.4. The molecule has 2 aromatic heterocycles. The first-order valence-corrected chi connectivity index (χ1v) is 13.8. The molecule has 4 heterocycles. The van der Waals surface area contributed by atoms with E-state index in [0.29, 0.717) is 4.99 Å². The smallest absolute Gasteiger partial charge is 0.313 e. The summed E-state index contributed by atoms with van der Waals surface area (Å²) in [4.78, 5) is 33.2. The third-order valence-corrected chi connectivity index (χ3v) is 8.98. The van der Waals surface area contributed by atoms with Crippen LogP contribution in [0.4, 0.5) is 5.69 Å². The highest BCUT2D eigenvalue weighted by molar-refractivity contribution is 8.00. The molecule has 2 aliphatic heterocycles. The van der Waals surface area contributed by atoms with E-state index >= 15 is 0 Å². The molecule has 0 saturated carbocycles. The van der Waals surface area contributed by atoms with E-state index < -0.39 is 33.4 Å². The van der Waals surface area contributed by atoms with Crippen LogP contribution in [0.15, 0.2) is 29.7 Å². The van der Waals surface area contributed by atoms with Crippen molar-refractivity contribution in [2.45, 2.75) is 29.4 Å². The Morgan fingerprint density at radius 2 is 2.12 bits per heavy atom. The van der Waals surface area contributed by atoms with E-state index in [1.54, 1.807) is 36.4 Å². The highest BCUT2D eigenvalue weighted by Gasteiger charge is 2.59. The molecule has 0 aliphatic carbocycles. The Morgan fingerprint density at radius 3 is 2.74 bits per heavy atom. The zero-order valence-corrected chi connectivity index (χ0v) is 20.8. The number of aromatic nitrogens is 5. The van der Waals surface area contributed by atoms with Gasteiger partial charge in [0.25, 0.3) is 10.1 Å². The summed E-state index contributed by atoms with van der Waals surface area (Å²) in [6.07, 6.45) is 3.22. The van der Waals surface area contributed by atoms with E-state index in [4.69, 9.17) is 16.8 Å². The van der Waals surface area contributed by atoms with Gasteiger partial charge < -0.3 is 14.9 Å². The number of thiocarbonyl (C=S) groups is 1. The Kier molecular flexibility index (Phi) is 6.83. The van der Waals surface area contributed by atoms with Crippen LogP contribution in [0.3, 0.4) is 0 Å². The molecule has 0 bridgehead atoms. The molecule has 3 atom stereocenters. The van der Waals surface area contributed by atoms with Gasteiger partial charge in [0.05, 0.1) is 4.99 Å². The van der Waals surface area contributed by atoms with Crippen molar-refractivity contribution in [1.82, 2.24) is 30.1 Å². The van der Waals surface area contributed by atoms with Crippen molar-refractivity contribution in [3.8, 4) is 0 Å². The van der Waals surface area contributed by atoms with Crippen molar-refractivity contribution in [3.05, 3.63) is 24.5 Å². The first-order valence-electron chi connectivity index (χ1n) is 9.72. The molecular weight excluding hydrogens is 526 g/mol. The van der Waals surface area contributed by atoms with E-state index in [1.165, 1.54) is 16.7 Å². The largest absolute Gasteiger partial charge is 0.481 e. The number of anilines is 1. The van der Waals surface area contributed by atoms with E-state index in [2.05, 4.69) is 20.5 Å². The summed E-state index contributed by atoms with van der Waals surface area (Å²) in [6, 6.07) is 2.97. The number of fused-ring (bicyclic) bond motifs is 1. The number of carboxylic acid groups (broad SMARTS) is 1. The number of rotatable bonds is 8. The van der Waals surface area contributed by atoms with Crippen molar-refractivity contribution in [3.63, 3.8) is 0 Å². The second kappa shape index (κ2) is 9.37. The SMILES string of the molecule is CC(=S)N(c1ccncc1)C1C(=O)N2CC(CSc3nnnn3CS(=O)(=O)O)(C(=O)O)CS[C@H]12. The van der Waals surface area contributed by atoms with Gasteiger partial charge in [0, 0.05) is 36.1 Å². The van der Waals surface area contributed by atoms with Crippen molar-refractivity contribution in [1.29, 1.82) is 0 Å². The van der Waals surface area contributed by atoms with Gasteiger partial charge in [-0.3, -0.25) is 19.1 Å². The molecule has 17 heteroatoms. The average Bonchev–Trinajstić information content (AvgIpc) is 3.21. The fraction of sp³-hybridized carbons (Fsp3) is 0.471. The number of amides is 1. The normalized spacial score (nSPS) is 24.3. The number of pyridine rings is 1. The second-order valence-corrected chi connectivity index (χ2v) is 11.8. The maximum Gasteiger partial charge on any atom is 0.313 e. The van der Waals surface area contributed by atoms with Crippen LogP contribution >= 0.6 is 35.7 Å². The molecular formula is C17H19N7O6S4. The van der Waals surface area contributed by atoms with Crippen molar-refractivity contribution in [2.75, 3.05) is 23.0 Å². The molecule has 2 unspecified atom stereocenters. The molecule has 4 rings (SSSR count). The van der Waals surface area contributed by atoms with Gasteiger partial charge in [-0.05, 0) is 29.5 Å². The molecule has 0 spiro atoms. The van der Waals surface area contributed by atoms with Crippen LogP contribution in [0.1, 0.15) is 6.92 Å². The lowest BCUT2D eigenvalue weighted by Gasteiger charge is -2.56. The molecule has 13 nitrogen and oxygen atoms in total. The molecule has 2 aromatic rings. The van der Waals surface area contributed by atoms with Crippen LogP contribution in [0.5, 0.6) is 0 Å². The number of carbonyl (C=O) groups excluding carboxylic acids is 1. The third-order valence-electron chi connectivity index (χ3n) is 5.39. The zero-order chi connectivity index (χ0) is 24.7. The van der Waals surface area contributed by atoms with Crippen molar-refractivity contribution >= 4 is 68.4 Å². The topological polar surface area (TPSA) is 172 Å². The van der Waals surface area contributed by atoms with Gasteiger partial charge in [-0.25, -0.2) is 4.68 Å². The third kappa shape index (κ3) is 4.74. The number of tetrazole rings is 1. The number of thioether (sulfide) groups is 2. The van der Waals surface area contributed by atoms with Gasteiger partial charge in [0.1, 0.15) is 16.8 Å². The number of carboxylic acids is 1. The summed E-state index contributed by atoms with van der Waals surface area (Å²) in [7, 11) is -4.39. The minimum atomic E-state index is -4.39.